The summed E-state index contributed by atoms with van der Waals surface area (Å²) in [6, 6.07) is 11.1. The number of hydrogen-bond acceptors (Lipinski definition) is 4. The van der Waals surface area contributed by atoms with Crippen molar-refractivity contribution in [1.82, 2.24) is 10.3 Å². The molecule has 1 N–H and O–H groups in total. The minimum atomic E-state index is -3.42. The SMILES string of the molecule is Cc1cccc(N(CCCC(=O)NCc2ccccn2)S(C)(=O)=O)c1C. The molecule has 0 radical (unpaired) electrons. The lowest BCUT2D eigenvalue weighted by atomic mass is 10.1. The number of amides is 1. The molecule has 0 aliphatic heterocycles. The molecule has 0 spiro atoms. The minimum absolute atomic E-state index is 0.120. The van der Waals surface area contributed by atoms with Crippen molar-refractivity contribution < 1.29 is 13.2 Å². The predicted molar refractivity (Wildman–Crippen MR) is 103 cm³/mol. The van der Waals surface area contributed by atoms with Crippen molar-refractivity contribution in [3.63, 3.8) is 0 Å². The number of anilines is 1. The van der Waals surface area contributed by atoms with E-state index in [-0.39, 0.29) is 18.9 Å². The number of pyridine rings is 1. The van der Waals surface area contributed by atoms with E-state index in [9.17, 15) is 13.2 Å². The van der Waals surface area contributed by atoms with Gasteiger partial charge in [-0.1, -0.05) is 18.2 Å². The lowest BCUT2D eigenvalue weighted by Gasteiger charge is -2.24. The number of sulfonamides is 1. The van der Waals surface area contributed by atoms with Crippen LogP contribution in [0.1, 0.15) is 29.7 Å². The molecule has 0 saturated carbocycles. The molecule has 140 valence electrons. The van der Waals surface area contributed by atoms with Gasteiger partial charge in [0, 0.05) is 19.2 Å². The van der Waals surface area contributed by atoms with Crippen LogP contribution in [-0.2, 0) is 21.4 Å². The molecule has 1 heterocycles. The van der Waals surface area contributed by atoms with Gasteiger partial charge in [0.1, 0.15) is 0 Å². The minimum Gasteiger partial charge on any atom is -0.350 e. The smallest absolute Gasteiger partial charge is 0.232 e. The number of aromatic nitrogens is 1. The van der Waals surface area contributed by atoms with Gasteiger partial charge in [0.15, 0.2) is 0 Å². The van der Waals surface area contributed by atoms with E-state index in [0.717, 1.165) is 16.8 Å². The van der Waals surface area contributed by atoms with Gasteiger partial charge in [-0.05, 0) is 49.6 Å². The summed E-state index contributed by atoms with van der Waals surface area (Å²) in [6.45, 7) is 4.49. The van der Waals surface area contributed by atoms with Crippen molar-refractivity contribution >= 4 is 21.6 Å². The Morgan fingerprint density at radius 1 is 1.15 bits per heavy atom. The number of benzene rings is 1. The van der Waals surface area contributed by atoms with Gasteiger partial charge in [-0.3, -0.25) is 14.1 Å². The number of rotatable bonds is 8. The van der Waals surface area contributed by atoms with Gasteiger partial charge in [0.05, 0.1) is 24.2 Å². The van der Waals surface area contributed by atoms with Crippen LogP contribution in [0.3, 0.4) is 0 Å². The third-order valence-corrected chi connectivity index (χ3v) is 5.38. The van der Waals surface area contributed by atoms with Gasteiger partial charge in [-0.15, -0.1) is 0 Å². The number of carbonyl (C=O) groups excluding carboxylic acids is 1. The lowest BCUT2D eigenvalue weighted by Crippen LogP contribution is -2.32. The monoisotopic (exact) mass is 375 g/mol. The second-order valence-electron chi connectivity index (χ2n) is 6.26. The number of nitrogens with zero attached hydrogens (tertiary/aromatic N) is 2. The first-order valence-corrected chi connectivity index (χ1v) is 10.3. The second-order valence-corrected chi connectivity index (χ2v) is 8.16. The predicted octanol–water partition coefficient (Wildman–Crippen LogP) is 2.56. The van der Waals surface area contributed by atoms with Crippen molar-refractivity contribution in [1.29, 1.82) is 0 Å². The summed E-state index contributed by atoms with van der Waals surface area (Å²) in [4.78, 5) is 16.1. The molecule has 0 bridgehead atoms. The molecule has 0 unspecified atom stereocenters. The standard InChI is InChI=1S/C19H25N3O3S/c1-15-8-6-10-18(16(15)2)22(26(3,24)25)13-7-11-19(23)21-14-17-9-4-5-12-20-17/h4-6,8-10,12H,7,11,13-14H2,1-3H3,(H,21,23). The molecule has 1 amide bonds. The molecule has 6 nitrogen and oxygen atoms in total. The average Bonchev–Trinajstić information content (AvgIpc) is 2.60. The Kier molecular flexibility index (Phi) is 6.74. The van der Waals surface area contributed by atoms with Gasteiger partial charge in [-0.2, -0.15) is 0 Å². The molecule has 1 aromatic heterocycles. The fraction of sp³-hybridized carbons (Fsp3) is 0.368. The van der Waals surface area contributed by atoms with Crippen LogP contribution < -0.4 is 9.62 Å². The summed E-state index contributed by atoms with van der Waals surface area (Å²) in [5, 5.41) is 2.80. The van der Waals surface area contributed by atoms with E-state index in [1.165, 1.54) is 10.6 Å². The number of nitrogens with one attached hydrogen (secondary N) is 1. The molecule has 0 aliphatic carbocycles. The van der Waals surface area contributed by atoms with E-state index >= 15 is 0 Å². The molecule has 0 atom stereocenters. The van der Waals surface area contributed by atoms with Crippen LogP contribution in [0.2, 0.25) is 0 Å². The molecule has 2 rings (SSSR count). The Labute approximate surface area is 155 Å². The van der Waals surface area contributed by atoms with Crippen LogP contribution in [-0.4, -0.2) is 32.1 Å². The number of hydrogen-bond donors (Lipinski definition) is 1. The summed E-state index contributed by atoms with van der Waals surface area (Å²) in [5.41, 5.74) is 3.41. The van der Waals surface area contributed by atoms with Crippen LogP contribution in [0.5, 0.6) is 0 Å². The Morgan fingerprint density at radius 2 is 1.92 bits per heavy atom. The highest BCUT2D eigenvalue weighted by atomic mass is 32.2. The fourth-order valence-electron chi connectivity index (χ4n) is 2.63. The second kappa shape index (κ2) is 8.80. The quantitative estimate of drug-likeness (QED) is 0.769. The Balaban J connectivity index is 1.94. The Morgan fingerprint density at radius 3 is 2.58 bits per heavy atom. The molecule has 0 fully saturated rings. The van der Waals surface area contributed by atoms with Crippen LogP contribution in [0.15, 0.2) is 42.6 Å². The molecule has 7 heteroatoms. The molecular formula is C19H25N3O3S. The van der Waals surface area contributed by atoms with Gasteiger partial charge in [0.25, 0.3) is 0 Å². The third-order valence-electron chi connectivity index (χ3n) is 4.20. The van der Waals surface area contributed by atoms with Crippen molar-refractivity contribution in [2.24, 2.45) is 0 Å². The zero-order valence-electron chi connectivity index (χ0n) is 15.4. The first kappa shape index (κ1) is 19.9. The average molecular weight is 375 g/mol. The lowest BCUT2D eigenvalue weighted by molar-refractivity contribution is -0.121. The van der Waals surface area contributed by atoms with E-state index in [0.29, 0.717) is 18.7 Å². The molecule has 1 aromatic carbocycles. The molecule has 0 saturated heterocycles. The van der Waals surface area contributed by atoms with E-state index in [4.69, 9.17) is 0 Å². The number of carbonyl (C=O) groups is 1. The first-order chi connectivity index (χ1) is 12.3. The summed E-state index contributed by atoms with van der Waals surface area (Å²) in [6.07, 6.45) is 3.56. The summed E-state index contributed by atoms with van der Waals surface area (Å²) in [5.74, 6) is -0.120. The third kappa shape index (κ3) is 5.56. The fourth-order valence-corrected chi connectivity index (χ4v) is 3.65. The van der Waals surface area contributed by atoms with Crippen molar-refractivity contribution in [2.45, 2.75) is 33.2 Å². The Bertz CT molecular complexity index is 852. The topological polar surface area (TPSA) is 79.4 Å². The van der Waals surface area contributed by atoms with E-state index < -0.39 is 10.0 Å². The zero-order chi connectivity index (χ0) is 19.2. The molecule has 0 aliphatic rings. The van der Waals surface area contributed by atoms with Crippen molar-refractivity contribution in [2.75, 3.05) is 17.1 Å². The maximum absolute atomic E-state index is 12.2. The summed E-state index contributed by atoms with van der Waals surface area (Å²) < 4.78 is 25.8. The molecule has 26 heavy (non-hydrogen) atoms. The zero-order valence-corrected chi connectivity index (χ0v) is 16.2. The van der Waals surface area contributed by atoms with Crippen LogP contribution in [0.4, 0.5) is 5.69 Å². The highest BCUT2D eigenvalue weighted by Gasteiger charge is 2.19. The first-order valence-electron chi connectivity index (χ1n) is 8.49. The summed E-state index contributed by atoms with van der Waals surface area (Å²) in [7, 11) is -3.42. The highest BCUT2D eigenvalue weighted by Crippen LogP contribution is 2.25. The van der Waals surface area contributed by atoms with E-state index in [2.05, 4.69) is 10.3 Å². The van der Waals surface area contributed by atoms with E-state index in [1.807, 2.05) is 44.2 Å². The number of aryl methyl sites for hydroxylation is 1. The van der Waals surface area contributed by atoms with Gasteiger partial charge in [0.2, 0.25) is 15.9 Å². The van der Waals surface area contributed by atoms with Gasteiger partial charge >= 0.3 is 0 Å². The van der Waals surface area contributed by atoms with Crippen LogP contribution >= 0.6 is 0 Å². The van der Waals surface area contributed by atoms with Gasteiger partial charge in [-0.25, -0.2) is 8.42 Å². The summed E-state index contributed by atoms with van der Waals surface area (Å²) >= 11 is 0. The van der Waals surface area contributed by atoms with E-state index in [1.54, 1.807) is 12.3 Å². The van der Waals surface area contributed by atoms with Crippen LogP contribution in [0, 0.1) is 13.8 Å². The maximum Gasteiger partial charge on any atom is 0.232 e. The van der Waals surface area contributed by atoms with Crippen molar-refractivity contribution in [3.05, 3.63) is 59.4 Å². The van der Waals surface area contributed by atoms with Crippen LogP contribution in [0.25, 0.3) is 0 Å². The molecule has 2 aromatic rings. The van der Waals surface area contributed by atoms with Crippen molar-refractivity contribution in [3.8, 4) is 0 Å². The largest absolute Gasteiger partial charge is 0.350 e. The normalized spacial score (nSPS) is 11.2. The molecular weight excluding hydrogens is 350 g/mol. The highest BCUT2D eigenvalue weighted by molar-refractivity contribution is 7.92. The maximum atomic E-state index is 12.2. The Hall–Kier alpha value is -2.41. The van der Waals surface area contributed by atoms with Gasteiger partial charge < -0.3 is 5.32 Å².